The highest BCUT2D eigenvalue weighted by atomic mass is 16.4. The summed E-state index contributed by atoms with van der Waals surface area (Å²) in [6, 6.07) is 0. The summed E-state index contributed by atoms with van der Waals surface area (Å²) in [5.41, 5.74) is 7.92. The lowest BCUT2D eigenvalue weighted by molar-refractivity contribution is -0.172. The van der Waals surface area contributed by atoms with Crippen LogP contribution in [0.2, 0.25) is 0 Å². The molecule has 156 valence electrons. The number of nitrogens with two attached hydrogens (primary N) is 1. The fraction of sp³-hybridized carbons (Fsp3) is 0.889. The number of carboxylic acids is 2. The Morgan fingerprint density at radius 3 is 1.44 bits per heavy atom. The second kappa shape index (κ2) is 7.29. The molecule has 8 N–H and O–H groups in total. The number of aliphatic hydroxyl groups excluding tert-OH is 4. The van der Waals surface area contributed by atoms with Crippen molar-refractivity contribution in [2.45, 2.75) is 82.3 Å². The minimum absolute atomic E-state index is 0.225. The van der Waals surface area contributed by atoms with E-state index in [1.54, 1.807) is 0 Å². The predicted octanol–water partition coefficient (Wildman–Crippen LogP) is -0.707. The molecule has 2 unspecified atom stereocenters. The van der Waals surface area contributed by atoms with Gasteiger partial charge in [-0.1, -0.05) is 13.8 Å². The molecule has 27 heavy (non-hydrogen) atoms. The second-order valence-corrected chi connectivity index (χ2v) is 9.54. The van der Waals surface area contributed by atoms with E-state index in [9.17, 15) is 9.59 Å². The zero-order valence-corrected chi connectivity index (χ0v) is 15.7. The summed E-state index contributed by atoms with van der Waals surface area (Å²) in [5.74, 6) is -2.72. The topological polar surface area (TPSA) is 182 Å². The highest BCUT2D eigenvalue weighted by Gasteiger charge is 2.58. The standard InChI is InChI=1S/C12H21N.C6H10O8/c1-10-3-9-4-11(2,6-10)8-12(13,5-9)7-10;7-1(3(9)5(11)12)2(8)4(10)6(13)14/h9H,3-8,13H2,1-2H3;1-4,7-10H,(H,11,12)(H,13,14)/t;1-,2-,3-,4+/m.0/s1. The summed E-state index contributed by atoms with van der Waals surface area (Å²) >= 11 is 0. The number of rotatable bonds is 5. The highest BCUT2D eigenvalue weighted by Crippen LogP contribution is 2.65. The van der Waals surface area contributed by atoms with Crippen molar-refractivity contribution in [3.8, 4) is 0 Å². The van der Waals surface area contributed by atoms with E-state index >= 15 is 0 Å². The van der Waals surface area contributed by atoms with Gasteiger partial charge in [-0.25, -0.2) is 9.59 Å². The lowest BCUT2D eigenvalue weighted by Gasteiger charge is -2.64. The molecule has 0 saturated heterocycles. The Balaban J connectivity index is 0.000000193. The molecule has 0 aromatic rings. The molecule has 0 aromatic carbocycles. The summed E-state index contributed by atoms with van der Waals surface area (Å²) in [7, 11) is 0. The molecule has 9 nitrogen and oxygen atoms in total. The molecule has 0 amide bonds. The monoisotopic (exact) mass is 389 g/mol. The summed E-state index contributed by atoms with van der Waals surface area (Å²) in [6.07, 6.45) is -1.01. The van der Waals surface area contributed by atoms with Gasteiger partial charge in [0.2, 0.25) is 0 Å². The van der Waals surface area contributed by atoms with Gasteiger partial charge >= 0.3 is 11.9 Å². The molecule has 0 radical (unpaired) electrons. The molecular weight excluding hydrogens is 358 g/mol. The minimum Gasteiger partial charge on any atom is -0.479 e. The van der Waals surface area contributed by atoms with Crippen molar-refractivity contribution < 1.29 is 40.2 Å². The predicted molar refractivity (Wildman–Crippen MR) is 93.6 cm³/mol. The summed E-state index contributed by atoms with van der Waals surface area (Å²) in [4.78, 5) is 20.2. The Hall–Kier alpha value is -1.26. The van der Waals surface area contributed by atoms with Gasteiger partial charge in [0, 0.05) is 5.54 Å². The molecule has 4 aliphatic rings. The quantitative estimate of drug-likeness (QED) is 0.319. The van der Waals surface area contributed by atoms with E-state index in [4.69, 9.17) is 36.4 Å². The summed E-state index contributed by atoms with van der Waals surface area (Å²) in [6.45, 7) is 4.94. The number of aliphatic hydroxyl groups is 4. The molecule has 4 aliphatic carbocycles. The molecule has 4 fully saturated rings. The van der Waals surface area contributed by atoms with Crippen LogP contribution in [0.3, 0.4) is 0 Å². The first-order valence-electron chi connectivity index (χ1n) is 9.16. The molecule has 4 saturated carbocycles. The van der Waals surface area contributed by atoms with Crippen LogP contribution in [0, 0.1) is 16.7 Å². The normalized spacial score (nSPS) is 41.1. The van der Waals surface area contributed by atoms with E-state index in [1.807, 2.05) is 0 Å². The molecule has 0 heterocycles. The maximum Gasteiger partial charge on any atom is 0.335 e. The van der Waals surface area contributed by atoms with E-state index in [0.717, 1.165) is 5.92 Å². The zero-order valence-electron chi connectivity index (χ0n) is 15.7. The second-order valence-electron chi connectivity index (χ2n) is 9.54. The average molecular weight is 389 g/mol. The molecule has 0 spiro atoms. The van der Waals surface area contributed by atoms with Crippen LogP contribution in [0.1, 0.15) is 52.4 Å². The summed E-state index contributed by atoms with van der Waals surface area (Å²) in [5, 5.41) is 51.5. The van der Waals surface area contributed by atoms with Crippen molar-refractivity contribution in [1.29, 1.82) is 0 Å². The molecule has 9 heteroatoms. The van der Waals surface area contributed by atoms with Gasteiger partial charge in [0.1, 0.15) is 12.2 Å². The Morgan fingerprint density at radius 1 is 0.815 bits per heavy atom. The van der Waals surface area contributed by atoms with Crippen LogP contribution in [0.25, 0.3) is 0 Å². The zero-order chi connectivity index (χ0) is 20.8. The van der Waals surface area contributed by atoms with Gasteiger partial charge in [-0.05, 0) is 55.3 Å². The van der Waals surface area contributed by atoms with E-state index in [1.165, 1.54) is 38.5 Å². The first kappa shape index (κ1) is 22.0. The average Bonchev–Trinajstić information content (AvgIpc) is 2.47. The Kier molecular flexibility index (Phi) is 5.95. The van der Waals surface area contributed by atoms with Gasteiger partial charge < -0.3 is 36.4 Å². The minimum atomic E-state index is -2.36. The van der Waals surface area contributed by atoms with Gasteiger partial charge in [0.15, 0.2) is 12.2 Å². The van der Waals surface area contributed by atoms with Gasteiger partial charge in [-0.15, -0.1) is 0 Å². The van der Waals surface area contributed by atoms with Gasteiger partial charge in [0.05, 0.1) is 0 Å². The van der Waals surface area contributed by atoms with Crippen LogP contribution < -0.4 is 5.73 Å². The molecule has 4 rings (SSSR count). The van der Waals surface area contributed by atoms with Crippen molar-refractivity contribution in [2.75, 3.05) is 0 Å². The first-order chi connectivity index (χ1) is 12.2. The molecule has 0 aliphatic heterocycles. The van der Waals surface area contributed by atoms with E-state index in [2.05, 4.69) is 13.8 Å². The molecule has 0 aromatic heterocycles. The lowest BCUT2D eigenvalue weighted by atomic mass is 9.43. The fourth-order valence-electron chi connectivity index (χ4n) is 6.20. The Bertz CT molecular complexity index is 521. The van der Waals surface area contributed by atoms with Gasteiger partial charge in [0.25, 0.3) is 0 Å². The fourth-order valence-corrected chi connectivity index (χ4v) is 6.20. The van der Waals surface area contributed by atoms with Crippen LogP contribution in [0.5, 0.6) is 0 Å². The number of hydrogen-bond acceptors (Lipinski definition) is 7. The van der Waals surface area contributed by atoms with Crippen molar-refractivity contribution in [2.24, 2.45) is 22.5 Å². The van der Waals surface area contributed by atoms with E-state index < -0.39 is 36.4 Å². The van der Waals surface area contributed by atoms with E-state index in [0.29, 0.717) is 10.8 Å². The molecule has 4 bridgehead atoms. The van der Waals surface area contributed by atoms with Crippen LogP contribution >= 0.6 is 0 Å². The molecule has 6 atom stereocenters. The lowest BCUT2D eigenvalue weighted by Crippen LogP contribution is -2.62. The van der Waals surface area contributed by atoms with Crippen molar-refractivity contribution in [3.63, 3.8) is 0 Å². The smallest absolute Gasteiger partial charge is 0.335 e. The van der Waals surface area contributed by atoms with Crippen LogP contribution in [-0.4, -0.2) is 72.5 Å². The van der Waals surface area contributed by atoms with Gasteiger partial charge in [-0.2, -0.15) is 0 Å². The maximum absolute atomic E-state index is 10.1. The molecular formula is C18H31NO8. The van der Waals surface area contributed by atoms with Crippen LogP contribution in [-0.2, 0) is 9.59 Å². The highest BCUT2D eigenvalue weighted by molar-refractivity contribution is 5.75. The Morgan fingerprint density at radius 2 is 1.19 bits per heavy atom. The summed E-state index contributed by atoms with van der Waals surface area (Å²) < 4.78 is 0. The third-order valence-electron chi connectivity index (χ3n) is 6.17. The number of carboxylic acid groups (broad SMARTS) is 2. The number of carbonyl (C=O) groups is 2. The largest absolute Gasteiger partial charge is 0.479 e. The number of aliphatic carboxylic acids is 2. The van der Waals surface area contributed by atoms with Gasteiger partial charge in [-0.3, -0.25) is 0 Å². The van der Waals surface area contributed by atoms with Crippen LogP contribution in [0.15, 0.2) is 0 Å². The maximum atomic E-state index is 10.1. The first-order valence-corrected chi connectivity index (χ1v) is 9.16. The SMILES string of the molecule is CC12CC3CC(C)(C1)CC(N)(C3)C2.O=C(O)[C@@H](O)[C@@H](O)[C@H](O)[C@@H](O)C(=O)O. The van der Waals surface area contributed by atoms with Crippen LogP contribution in [0.4, 0.5) is 0 Å². The third kappa shape index (κ3) is 4.78. The van der Waals surface area contributed by atoms with Crippen molar-refractivity contribution in [3.05, 3.63) is 0 Å². The van der Waals surface area contributed by atoms with E-state index in [-0.39, 0.29) is 5.54 Å². The Labute approximate surface area is 157 Å². The van der Waals surface area contributed by atoms with Crippen molar-refractivity contribution >= 4 is 11.9 Å². The number of hydrogen-bond donors (Lipinski definition) is 7. The van der Waals surface area contributed by atoms with Crippen molar-refractivity contribution in [1.82, 2.24) is 0 Å². The third-order valence-corrected chi connectivity index (χ3v) is 6.17.